The molecule has 0 bridgehead atoms. The minimum atomic E-state index is -2.80. The highest BCUT2D eigenvalue weighted by atomic mass is 19.3. The van der Waals surface area contributed by atoms with Crippen LogP contribution >= 0.6 is 0 Å². The maximum atomic E-state index is 14.9. The van der Waals surface area contributed by atoms with Gasteiger partial charge in [-0.1, -0.05) is 30.3 Å². The predicted octanol–water partition coefficient (Wildman–Crippen LogP) is 4.41. The molecular weight excluding hydrogens is 439 g/mol. The topological polar surface area (TPSA) is 76.1 Å². The number of benzene rings is 3. The molecule has 0 fully saturated rings. The molecule has 0 spiro atoms. The van der Waals surface area contributed by atoms with Crippen LogP contribution in [0.2, 0.25) is 0 Å². The molecule has 3 aromatic rings. The lowest BCUT2D eigenvalue weighted by Crippen LogP contribution is -2.28. The molecule has 1 amide bonds. The van der Waals surface area contributed by atoms with Crippen LogP contribution in [0.3, 0.4) is 0 Å². The van der Waals surface area contributed by atoms with Crippen LogP contribution in [0, 0.1) is 5.82 Å². The van der Waals surface area contributed by atoms with Crippen molar-refractivity contribution in [2.45, 2.75) is 26.0 Å². The molecule has 0 aromatic heterocycles. The molecule has 33 heavy (non-hydrogen) atoms. The first-order chi connectivity index (χ1) is 15.9. The van der Waals surface area contributed by atoms with Crippen molar-refractivity contribution in [2.24, 2.45) is 0 Å². The van der Waals surface area contributed by atoms with E-state index in [-0.39, 0.29) is 41.3 Å². The number of halogens is 3. The summed E-state index contributed by atoms with van der Waals surface area (Å²) < 4.78 is 51.9. The molecule has 1 atom stereocenters. The van der Waals surface area contributed by atoms with Crippen LogP contribution in [-0.2, 0) is 11.2 Å². The molecule has 1 heterocycles. The van der Waals surface area contributed by atoms with Gasteiger partial charge in [-0.05, 0) is 24.6 Å². The average Bonchev–Trinajstić information content (AvgIpc) is 3.04. The van der Waals surface area contributed by atoms with Gasteiger partial charge in [0.25, 0.3) is 12.3 Å². The maximum absolute atomic E-state index is 14.9. The van der Waals surface area contributed by atoms with Gasteiger partial charge in [0.15, 0.2) is 6.23 Å². The van der Waals surface area contributed by atoms with E-state index in [1.165, 1.54) is 12.1 Å². The van der Waals surface area contributed by atoms with Gasteiger partial charge in [0.1, 0.15) is 30.2 Å². The summed E-state index contributed by atoms with van der Waals surface area (Å²) in [5.74, 6) is -1.59. The average molecular weight is 459 g/mol. The molecular formula is C24H20F3NO5. The number of fused-ring (bicyclic) bond motifs is 2. The summed E-state index contributed by atoms with van der Waals surface area (Å²) in [4.78, 5) is 25.0. The number of amides is 1. The zero-order chi connectivity index (χ0) is 23.7. The zero-order valence-corrected chi connectivity index (χ0v) is 17.6. The van der Waals surface area contributed by atoms with Gasteiger partial charge in [-0.2, -0.15) is 0 Å². The van der Waals surface area contributed by atoms with E-state index >= 15 is 0 Å². The molecule has 0 radical (unpaired) electrons. The Labute approximate surface area is 187 Å². The van der Waals surface area contributed by atoms with E-state index in [0.29, 0.717) is 22.6 Å². The van der Waals surface area contributed by atoms with Gasteiger partial charge in [0.05, 0.1) is 23.4 Å². The van der Waals surface area contributed by atoms with Crippen LogP contribution in [0.25, 0.3) is 10.8 Å². The smallest absolute Gasteiger partial charge is 0.272 e. The Morgan fingerprint density at radius 2 is 1.82 bits per heavy atom. The molecule has 1 unspecified atom stereocenters. The molecule has 1 aliphatic rings. The summed E-state index contributed by atoms with van der Waals surface area (Å²) in [7, 11) is 0. The van der Waals surface area contributed by atoms with E-state index in [1.54, 1.807) is 31.2 Å². The second-order valence-electron chi connectivity index (χ2n) is 7.33. The van der Waals surface area contributed by atoms with Crippen molar-refractivity contribution in [1.29, 1.82) is 0 Å². The molecule has 0 saturated carbocycles. The van der Waals surface area contributed by atoms with Crippen LogP contribution in [-0.4, -0.2) is 36.9 Å². The number of aliphatic hydroxyl groups excluding tert-OH is 1. The Kier molecular flexibility index (Phi) is 6.24. The second kappa shape index (κ2) is 9.11. The molecule has 0 aliphatic carbocycles. The van der Waals surface area contributed by atoms with Gasteiger partial charge >= 0.3 is 0 Å². The van der Waals surface area contributed by atoms with Crippen molar-refractivity contribution in [1.82, 2.24) is 0 Å². The highest BCUT2D eigenvalue weighted by Crippen LogP contribution is 2.50. The lowest BCUT2D eigenvalue weighted by molar-refractivity contribution is -0.107. The second-order valence-corrected chi connectivity index (χ2v) is 7.33. The SMILES string of the molecule is CCOc1c2c(c(OCC(F)F)c3ccccc13)C(=O)N(c1ccc(CC=O)cc1F)C2O. The van der Waals surface area contributed by atoms with Crippen LogP contribution < -0.4 is 14.4 Å². The van der Waals surface area contributed by atoms with Crippen LogP contribution in [0.5, 0.6) is 11.5 Å². The lowest BCUT2D eigenvalue weighted by Gasteiger charge is -2.22. The van der Waals surface area contributed by atoms with Crippen molar-refractivity contribution in [3.05, 3.63) is 65.0 Å². The number of aldehydes is 1. The van der Waals surface area contributed by atoms with Crippen LogP contribution in [0.4, 0.5) is 18.9 Å². The number of carbonyl (C=O) groups excluding carboxylic acids is 2. The Bertz CT molecular complexity index is 1230. The number of hydrogen-bond donors (Lipinski definition) is 1. The van der Waals surface area contributed by atoms with Gasteiger partial charge in [-0.3, -0.25) is 9.69 Å². The largest absolute Gasteiger partial charge is 0.493 e. The Morgan fingerprint density at radius 3 is 2.42 bits per heavy atom. The van der Waals surface area contributed by atoms with Crippen LogP contribution in [0.1, 0.15) is 34.6 Å². The van der Waals surface area contributed by atoms with E-state index in [4.69, 9.17) is 9.47 Å². The molecule has 3 aromatic carbocycles. The third kappa shape index (κ3) is 3.89. The van der Waals surface area contributed by atoms with Gasteiger partial charge in [0, 0.05) is 17.2 Å². The van der Waals surface area contributed by atoms with Crippen molar-refractivity contribution in [2.75, 3.05) is 18.1 Å². The molecule has 1 N–H and O–H groups in total. The molecule has 9 heteroatoms. The number of rotatable bonds is 8. The van der Waals surface area contributed by atoms with E-state index in [2.05, 4.69) is 0 Å². The molecule has 4 rings (SSSR count). The van der Waals surface area contributed by atoms with Gasteiger partial charge in [-0.25, -0.2) is 13.2 Å². The fourth-order valence-corrected chi connectivity index (χ4v) is 4.02. The monoisotopic (exact) mass is 459 g/mol. The fraction of sp³-hybridized carbons (Fsp3) is 0.250. The summed E-state index contributed by atoms with van der Waals surface area (Å²) in [6, 6.07) is 10.4. The normalized spacial score (nSPS) is 15.3. The van der Waals surface area contributed by atoms with Gasteiger partial charge in [0.2, 0.25) is 0 Å². The number of hydrogen-bond acceptors (Lipinski definition) is 5. The Balaban J connectivity index is 1.94. The zero-order valence-electron chi connectivity index (χ0n) is 17.6. The quantitative estimate of drug-likeness (QED) is 0.505. The minimum absolute atomic E-state index is 0.0145. The number of anilines is 1. The van der Waals surface area contributed by atoms with Gasteiger partial charge < -0.3 is 19.4 Å². The summed E-state index contributed by atoms with van der Waals surface area (Å²) in [6.07, 6.45) is -3.85. The number of aliphatic hydroxyl groups is 1. The number of nitrogens with zero attached hydrogens (tertiary/aromatic N) is 1. The van der Waals surface area contributed by atoms with Crippen LogP contribution in [0.15, 0.2) is 42.5 Å². The first kappa shape index (κ1) is 22.6. The summed E-state index contributed by atoms with van der Waals surface area (Å²) in [5, 5.41) is 11.9. The first-order valence-electron chi connectivity index (χ1n) is 10.2. The fourth-order valence-electron chi connectivity index (χ4n) is 4.02. The maximum Gasteiger partial charge on any atom is 0.272 e. The molecule has 1 aliphatic heterocycles. The van der Waals surface area contributed by atoms with Gasteiger partial charge in [-0.15, -0.1) is 0 Å². The van der Waals surface area contributed by atoms with E-state index < -0.39 is 31.0 Å². The van der Waals surface area contributed by atoms with Crippen molar-refractivity contribution >= 4 is 28.7 Å². The summed E-state index contributed by atoms with van der Waals surface area (Å²) in [5.41, 5.74) is 0.0131. The standard InChI is InChI=1S/C24H20F3NO5/c1-2-32-21-14-5-3-4-6-15(14)22(33-12-18(26)27)20-19(21)23(30)28(24(20)31)17-8-7-13(9-10-29)11-16(17)25/h3-8,10-11,18,23,30H,2,9,12H2,1H3. The summed E-state index contributed by atoms with van der Waals surface area (Å²) >= 11 is 0. The predicted molar refractivity (Wildman–Crippen MR) is 115 cm³/mol. The lowest BCUT2D eigenvalue weighted by atomic mass is 9.98. The first-order valence-corrected chi connectivity index (χ1v) is 10.2. The third-order valence-corrected chi connectivity index (χ3v) is 5.33. The molecule has 172 valence electrons. The Morgan fingerprint density at radius 1 is 1.12 bits per heavy atom. The highest BCUT2D eigenvalue weighted by Gasteiger charge is 2.44. The third-order valence-electron chi connectivity index (χ3n) is 5.33. The number of alkyl halides is 2. The minimum Gasteiger partial charge on any atom is -0.493 e. The van der Waals surface area contributed by atoms with Crippen molar-refractivity contribution < 1.29 is 37.3 Å². The van der Waals surface area contributed by atoms with E-state index in [1.807, 2.05) is 0 Å². The molecule has 0 saturated heterocycles. The van der Waals surface area contributed by atoms with Crippen molar-refractivity contribution in [3.63, 3.8) is 0 Å². The van der Waals surface area contributed by atoms with E-state index in [0.717, 1.165) is 11.0 Å². The summed E-state index contributed by atoms with van der Waals surface area (Å²) in [6.45, 7) is 0.945. The molecule has 6 nitrogen and oxygen atoms in total. The number of ether oxygens (including phenoxy) is 2. The van der Waals surface area contributed by atoms with Crippen molar-refractivity contribution in [3.8, 4) is 11.5 Å². The Hall–Kier alpha value is -3.59. The number of carbonyl (C=O) groups is 2. The van der Waals surface area contributed by atoms with E-state index in [9.17, 15) is 27.9 Å². The highest BCUT2D eigenvalue weighted by molar-refractivity contribution is 6.17.